The third kappa shape index (κ3) is 2.98. The highest BCUT2D eigenvalue weighted by Gasteiger charge is 2.25. The van der Waals surface area contributed by atoms with E-state index in [1.165, 1.54) is 11.5 Å². The first-order valence-corrected chi connectivity index (χ1v) is 6.98. The Morgan fingerprint density at radius 2 is 2.17 bits per heavy atom. The number of anilines is 1. The lowest BCUT2D eigenvalue weighted by molar-refractivity contribution is -0.132. The van der Waals surface area contributed by atoms with Crippen LogP contribution >= 0.6 is 11.5 Å². The number of amides is 1. The molecule has 0 spiro atoms. The number of carbonyl (C=O) groups is 1. The summed E-state index contributed by atoms with van der Waals surface area (Å²) in [5, 5.41) is 4.23. The summed E-state index contributed by atoms with van der Waals surface area (Å²) in [7, 11) is 1.84. The molecule has 2 rings (SSSR count). The number of hydrogen-bond donors (Lipinski definition) is 1. The van der Waals surface area contributed by atoms with Crippen LogP contribution in [-0.4, -0.2) is 39.8 Å². The van der Waals surface area contributed by atoms with Crippen molar-refractivity contribution in [2.24, 2.45) is 0 Å². The van der Waals surface area contributed by atoms with Crippen molar-refractivity contribution in [3.05, 3.63) is 5.82 Å². The Kier molecular flexibility index (Phi) is 3.56. The molecule has 1 atom stereocenters. The standard InChI is InChI=1S/C12H20N4OS/c1-12(2,3)10-14-11(18-15-10)13-8-5-6-9(17)16(4)7-8/h8H,5-7H2,1-4H3,(H,13,14,15). The molecule has 1 amide bonds. The van der Waals surface area contributed by atoms with Crippen LogP contribution in [0.2, 0.25) is 0 Å². The molecule has 1 aliphatic heterocycles. The van der Waals surface area contributed by atoms with E-state index < -0.39 is 0 Å². The Morgan fingerprint density at radius 3 is 2.72 bits per heavy atom. The number of likely N-dealkylation sites (tertiary alicyclic amines) is 1. The van der Waals surface area contributed by atoms with Crippen molar-refractivity contribution in [1.82, 2.24) is 14.3 Å². The maximum absolute atomic E-state index is 11.4. The van der Waals surface area contributed by atoms with Crippen LogP contribution in [0, 0.1) is 0 Å². The summed E-state index contributed by atoms with van der Waals surface area (Å²) in [4.78, 5) is 17.7. The van der Waals surface area contributed by atoms with Gasteiger partial charge in [0, 0.05) is 43.0 Å². The van der Waals surface area contributed by atoms with Crippen molar-refractivity contribution < 1.29 is 4.79 Å². The van der Waals surface area contributed by atoms with E-state index in [0.717, 1.165) is 23.9 Å². The maximum Gasteiger partial charge on any atom is 0.222 e. The lowest BCUT2D eigenvalue weighted by Gasteiger charge is -2.29. The fourth-order valence-corrected chi connectivity index (χ4v) is 2.73. The number of nitrogens with zero attached hydrogens (tertiary/aromatic N) is 3. The van der Waals surface area contributed by atoms with Crippen LogP contribution in [0.3, 0.4) is 0 Å². The molecule has 1 aliphatic rings. The smallest absolute Gasteiger partial charge is 0.222 e. The molecule has 0 saturated carbocycles. The SMILES string of the molecule is CN1CC(Nc2nc(C(C)(C)C)ns2)CCC1=O. The van der Waals surface area contributed by atoms with Gasteiger partial charge in [0.15, 0.2) is 0 Å². The summed E-state index contributed by atoms with van der Waals surface area (Å²) in [5.41, 5.74) is -0.0181. The molecule has 0 radical (unpaired) electrons. The number of likely N-dealkylation sites (N-methyl/N-ethyl adjacent to an activating group) is 1. The number of hydrogen-bond acceptors (Lipinski definition) is 5. The molecule has 1 fully saturated rings. The second kappa shape index (κ2) is 4.84. The first-order chi connectivity index (χ1) is 8.36. The zero-order valence-electron chi connectivity index (χ0n) is 11.4. The third-order valence-electron chi connectivity index (χ3n) is 3.05. The molecular formula is C12H20N4OS. The molecule has 100 valence electrons. The fraction of sp³-hybridized carbons (Fsp3) is 0.750. The van der Waals surface area contributed by atoms with Gasteiger partial charge in [0.1, 0.15) is 5.82 Å². The average molecular weight is 268 g/mol. The topological polar surface area (TPSA) is 58.1 Å². The van der Waals surface area contributed by atoms with Gasteiger partial charge in [0.05, 0.1) is 0 Å². The van der Waals surface area contributed by atoms with E-state index in [1.807, 2.05) is 7.05 Å². The fourth-order valence-electron chi connectivity index (χ4n) is 1.89. The summed E-state index contributed by atoms with van der Waals surface area (Å²) < 4.78 is 4.37. The molecular weight excluding hydrogens is 248 g/mol. The highest BCUT2D eigenvalue weighted by molar-refractivity contribution is 7.09. The summed E-state index contributed by atoms with van der Waals surface area (Å²) >= 11 is 1.40. The molecule has 1 saturated heterocycles. The monoisotopic (exact) mass is 268 g/mol. The first kappa shape index (κ1) is 13.3. The number of aromatic nitrogens is 2. The summed E-state index contributed by atoms with van der Waals surface area (Å²) in [6.45, 7) is 7.05. The van der Waals surface area contributed by atoms with Crippen LogP contribution < -0.4 is 5.32 Å². The van der Waals surface area contributed by atoms with Crippen LogP contribution in [0.4, 0.5) is 5.13 Å². The van der Waals surface area contributed by atoms with Crippen molar-refractivity contribution >= 4 is 22.6 Å². The van der Waals surface area contributed by atoms with Crippen LogP contribution in [0.5, 0.6) is 0 Å². The maximum atomic E-state index is 11.4. The quantitative estimate of drug-likeness (QED) is 0.889. The molecule has 0 aromatic carbocycles. The van der Waals surface area contributed by atoms with E-state index in [1.54, 1.807) is 4.90 Å². The Bertz CT molecular complexity index is 438. The van der Waals surface area contributed by atoms with Crippen LogP contribution in [0.1, 0.15) is 39.4 Å². The second-order valence-corrected chi connectivity index (χ2v) is 6.58. The minimum Gasteiger partial charge on any atom is -0.356 e. The van der Waals surface area contributed by atoms with Crippen molar-refractivity contribution in [3.8, 4) is 0 Å². The van der Waals surface area contributed by atoms with E-state index in [4.69, 9.17) is 0 Å². The number of rotatable bonds is 2. The predicted molar refractivity (Wildman–Crippen MR) is 72.9 cm³/mol. The molecule has 0 aliphatic carbocycles. The van der Waals surface area contributed by atoms with Crippen molar-refractivity contribution in [3.63, 3.8) is 0 Å². The largest absolute Gasteiger partial charge is 0.356 e. The van der Waals surface area contributed by atoms with Gasteiger partial charge in [0.2, 0.25) is 11.0 Å². The van der Waals surface area contributed by atoms with Crippen molar-refractivity contribution in [1.29, 1.82) is 0 Å². The lowest BCUT2D eigenvalue weighted by Crippen LogP contribution is -2.43. The van der Waals surface area contributed by atoms with Crippen LogP contribution in [0.25, 0.3) is 0 Å². The zero-order valence-corrected chi connectivity index (χ0v) is 12.2. The van der Waals surface area contributed by atoms with Gasteiger partial charge in [-0.2, -0.15) is 4.37 Å². The van der Waals surface area contributed by atoms with E-state index in [0.29, 0.717) is 6.42 Å². The van der Waals surface area contributed by atoms with E-state index in [-0.39, 0.29) is 17.4 Å². The molecule has 5 nitrogen and oxygen atoms in total. The molecule has 1 aromatic rings. The van der Waals surface area contributed by atoms with Gasteiger partial charge < -0.3 is 10.2 Å². The van der Waals surface area contributed by atoms with Gasteiger partial charge in [0.25, 0.3) is 0 Å². The summed E-state index contributed by atoms with van der Waals surface area (Å²) in [6.07, 6.45) is 1.48. The Balaban J connectivity index is 1.98. The summed E-state index contributed by atoms with van der Waals surface area (Å²) in [5.74, 6) is 1.09. The second-order valence-electron chi connectivity index (χ2n) is 5.83. The van der Waals surface area contributed by atoms with Gasteiger partial charge in [-0.15, -0.1) is 0 Å². The molecule has 1 aromatic heterocycles. The van der Waals surface area contributed by atoms with Gasteiger partial charge in [-0.3, -0.25) is 4.79 Å². The van der Waals surface area contributed by atoms with E-state index in [2.05, 4.69) is 35.4 Å². The Hall–Kier alpha value is -1.17. The first-order valence-electron chi connectivity index (χ1n) is 6.21. The number of carbonyl (C=O) groups excluding carboxylic acids is 1. The molecule has 2 heterocycles. The van der Waals surface area contributed by atoms with Gasteiger partial charge in [-0.25, -0.2) is 4.98 Å². The normalized spacial score (nSPS) is 21.2. The van der Waals surface area contributed by atoms with Crippen LogP contribution in [0.15, 0.2) is 0 Å². The third-order valence-corrected chi connectivity index (χ3v) is 3.70. The molecule has 1 N–H and O–H groups in total. The van der Waals surface area contributed by atoms with Gasteiger partial charge in [-0.05, 0) is 6.42 Å². The molecule has 0 bridgehead atoms. The van der Waals surface area contributed by atoms with Gasteiger partial charge >= 0.3 is 0 Å². The molecule has 18 heavy (non-hydrogen) atoms. The van der Waals surface area contributed by atoms with E-state index in [9.17, 15) is 4.79 Å². The molecule has 1 unspecified atom stereocenters. The Morgan fingerprint density at radius 1 is 1.44 bits per heavy atom. The number of piperidine rings is 1. The summed E-state index contributed by atoms with van der Waals surface area (Å²) in [6, 6.07) is 0.286. The van der Waals surface area contributed by atoms with Gasteiger partial charge in [-0.1, -0.05) is 20.8 Å². The number of nitrogens with one attached hydrogen (secondary N) is 1. The minimum atomic E-state index is -0.0181. The lowest BCUT2D eigenvalue weighted by atomic mass is 9.96. The highest BCUT2D eigenvalue weighted by atomic mass is 32.1. The zero-order chi connectivity index (χ0) is 13.3. The minimum absolute atomic E-state index is 0.0181. The van der Waals surface area contributed by atoms with E-state index >= 15 is 0 Å². The average Bonchev–Trinajstić information content (AvgIpc) is 2.72. The highest BCUT2D eigenvalue weighted by Crippen LogP contribution is 2.24. The predicted octanol–water partition coefficient (Wildman–Crippen LogP) is 1.87. The van der Waals surface area contributed by atoms with Crippen LogP contribution in [-0.2, 0) is 10.2 Å². The van der Waals surface area contributed by atoms with Crippen molar-refractivity contribution in [2.75, 3.05) is 18.9 Å². The Labute approximate surface area is 112 Å². The van der Waals surface area contributed by atoms with Crippen molar-refractivity contribution in [2.45, 2.75) is 45.1 Å². The molecule has 6 heteroatoms.